The van der Waals surface area contributed by atoms with Gasteiger partial charge in [-0.1, -0.05) is 41.9 Å². The Morgan fingerprint density at radius 1 is 1.29 bits per heavy atom. The monoisotopic (exact) mass is 328 g/mol. The van der Waals surface area contributed by atoms with Crippen molar-refractivity contribution in [3.05, 3.63) is 52.3 Å². The summed E-state index contributed by atoms with van der Waals surface area (Å²) >= 11 is 6.26. The number of aromatic nitrogens is 2. The molecule has 2 rings (SSSR count). The van der Waals surface area contributed by atoms with Crippen LogP contribution < -0.4 is 0 Å². The lowest BCUT2D eigenvalue weighted by atomic mass is 10.2. The molecule has 1 aromatic carbocycles. The highest BCUT2D eigenvalue weighted by Gasteiger charge is 2.20. The fourth-order valence-corrected chi connectivity index (χ4v) is 3.63. The van der Waals surface area contributed by atoms with E-state index >= 15 is 0 Å². The molecule has 0 aliphatic carbocycles. The predicted octanol–water partition coefficient (Wildman–Crippen LogP) is 1.80. The first-order chi connectivity index (χ1) is 9.93. The van der Waals surface area contributed by atoms with E-state index in [1.54, 1.807) is 11.6 Å². The molecule has 0 aliphatic heterocycles. The van der Waals surface area contributed by atoms with Crippen LogP contribution in [0.3, 0.4) is 0 Å². The summed E-state index contributed by atoms with van der Waals surface area (Å²) in [6.07, 6.45) is 0. The maximum atomic E-state index is 11.8. The third-order valence-electron chi connectivity index (χ3n) is 3.12. The van der Waals surface area contributed by atoms with Crippen molar-refractivity contribution in [2.45, 2.75) is 19.2 Å². The van der Waals surface area contributed by atoms with Crippen molar-refractivity contribution in [3.8, 4) is 0 Å². The molecular weight excluding hydrogens is 312 g/mol. The lowest BCUT2D eigenvalue weighted by molar-refractivity contribution is 0.319. The van der Waals surface area contributed by atoms with Gasteiger partial charge in [-0.05, 0) is 12.5 Å². The number of rotatable bonds is 6. The molecule has 0 spiro atoms. The van der Waals surface area contributed by atoms with E-state index in [-0.39, 0.29) is 11.5 Å². The van der Waals surface area contributed by atoms with Crippen LogP contribution in [-0.2, 0) is 22.1 Å². The van der Waals surface area contributed by atoms with Crippen LogP contribution in [0.4, 0.5) is 0 Å². The summed E-state index contributed by atoms with van der Waals surface area (Å²) in [4.78, 5) is 0. The second-order valence-electron chi connectivity index (χ2n) is 4.81. The molecule has 0 aliphatic rings. The van der Waals surface area contributed by atoms with Gasteiger partial charge in [0.2, 0.25) is 0 Å². The summed E-state index contributed by atoms with van der Waals surface area (Å²) in [6.45, 7) is 1.83. The van der Waals surface area contributed by atoms with Gasteiger partial charge in [0, 0.05) is 5.56 Å². The van der Waals surface area contributed by atoms with E-state index in [0.29, 0.717) is 23.0 Å². The number of hydrogen-bond donors (Lipinski definition) is 1. The minimum Gasteiger partial charge on any atom is -0.395 e. The van der Waals surface area contributed by atoms with E-state index in [9.17, 15) is 8.42 Å². The fourth-order valence-electron chi connectivity index (χ4n) is 2.05. The number of aryl methyl sites for hydroxylation is 1. The number of sulfone groups is 1. The average Bonchev–Trinajstić information content (AvgIpc) is 2.67. The van der Waals surface area contributed by atoms with Gasteiger partial charge < -0.3 is 5.11 Å². The molecule has 0 atom stereocenters. The molecule has 2 aromatic rings. The Balaban J connectivity index is 2.26. The van der Waals surface area contributed by atoms with Crippen molar-refractivity contribution >= 4 is 21.4 Å². The van der Waals surface area contributed by atoms with Crippen LogP contribution in [0.5, 0.6) is 0 Å². The smallest absolute Gasteiger partial charge is 0.156 e. The van der Waals surface area contributed by atoms with Crippen molar-refractivity contribution in [3.63, 3.8) is 0 Å². The maximum Gasteiger partial charge on any atom is 0.156 e. The molecule has 0 radical (unpaired) electrons. The molecule has 1 heterocycles. The Kier molecular flexibility index (Phi) is 5.03. The molecule has 0 amide bonds. The van der Waals surface area contributed by atoms with E-state index in [2.05, 4.69) is 5.10 Å². The number of benzene rings is 1. The van der Waals surface area contributed by atoms with E-state index in [0.717, 1.165) is 5.56 Å². The van der Waals surface area contributed by atoms with Gasteiger partial charge in [-0.3, -0.25) is 0 Å². The van der Waals surface area contributed by atoms with Gasteiger partial charge in [0.15, 0.2) is 9.84 Å². The highest BCUT2D eigenvalue weighted by molar-refractivity contribution is 7.90. The summed E-state index contributed by atoms with van der Waals surface area (Å²) in [5, 5.41) is 13.4. The third-order valence-corrected chi connectivity index (χ3v) is 5.08. The lowest BCUT2D eigenvalue weighted by Gasteiger charge is -2.05. The summed E-state index contributed by atoms with van der Waals surface area (Å²) in [5.74, 6) is -0.473. The van der Waals surface area contributed by atoms with E-state index < -0.39 is 16.4 Å². The van der Waals surface area contributed by atoms with Gasteiger partial charge >= 0.3 is 0 Å². The first-order valence-corrected chi connectivity index (χ1v) is 8.70. The predicted molar refractivity (Wildman–Crippen MR) is 82.1 cm³/mol. The van der Waals surface area contributed by atoms with Gasteiger partial charge in [0.1, 0.15) is 5.15 Å². The molecule has 1 aromatic heterocycles. The topological polar surface area (TPSA) is 72.2 Å². The van der Waals surface area contributed by atoms with Crippen LogP contribution in [0.25, 0.3) is 0 Å². The molecule has 114 valence electrons. The van der Waals surface area contributed by atoms with Gasteiger partial charge in [0.25, 0.3) is 0 Å². The number of aliphatic hydroxyl groups is 1. The second-order valence-corrected chi connectivity index (χ2v) is 7.36. The zero-order valence-corrected chi connectivity index (χ0v) is 13.2. The minimum atomic E-state index is -3.38. The number of halogens is 1. The fraction of sp³-hybridized carbons (Fsp3) is 0.357. The molecule has 5 nitrogen and oxygen atoms in total. The molecule has 0 unspecified atom stereocenters. The second kappa shape index (κ2) is 6.60. The van der Waals surface area contributed by atoms with Crippen LogP contribution in [0, 0.1) is 6.92 Å². The Morgan fingerprint density at radius 3 is 2.57 bits per heavy atom. The highest BCUT2D eigenvalue weighted by atomic mass is 35.5. The Morgan fingerprint density at radius 2 is 1.95 bits per heavy atom. The lowest BCUT2D eigenvalue weighted by Crippen LogP contribution is -2.12. The van der Waals surface area contributed by atoms with Crippen molar-refractivity contribution in [2.75, 3.05) is 12.4 Å². The molecule has 0 saturated carbocycles. The molecular formula is C14H17ClN2O3S. The normalized spacial score (nSPS) is 11.8. The summed E-state index contributed by atoms with van der Waals surface area (Å²) in [6, 6.07) is 9.68. The molecule has 7 heteroatoms. The molecule has 0 fully saturated rings. The zero-order chi connectivity index (χ0) is 15.5. The minimum absolute atomic E-state index is 0.201. The van der Waals surface area contributed by atoms with Crippen molar-refractivity contribution in [1.29, 1.82) is 0 Å². The van der Waals surface area contributed by atoms with Gasteiger partial charge in [-0.15, -0.1) is 0 Å². The van der Waals surface area contributed by atoms with E-state index in [1.165, 1.54) is 0 Å². The zero-order valence-electron chi connectivity index (χ0n) is 11.7. The Bertz CT molecular complexity index is 711. The number of hydrogen-bond acceptors (Lipinski definition) is 4. The molecule has 1 N–H and O–H groups in total. The Labute approximate surface area is 129 Å². The SMILES string of the molecule is Cc1nn(Cc2ccccc2)c(Cl)c1CS(=O)(=O)CCO. The summed E-state index contributed by atoms with van der Waals surface area (Å²) in [5.41, 5.74) is 2.13. The van der Waals surface area contributed by atoms with Crippen LogP contribution in [0.1, 0.15) is 16.8 Å². The average molecular weight is 329 g/mol. The van der Waals surface area contributed by atoms with Crippen LogP contribution in [0.2, 0.25) is 5.15 Å². The molecule has 0 bridgehead atoms. The van der Waals surface area contributed by atoms with Gasteiger partial charge in [-0.25, -0.2) is 13.1 Å². The standard InChI is InChI=1S/C14H17ClN2O3S/c1-11-13(10-21(19,20)8-7-18)14(15)17(16-11)9-12-5-3-2-4-6-12/h2-6,18H,7-10H2,1H3. The molecule has 0 saturated heterocycles. The highest BCUT2D eigenvalue weighted by Crippen LogP contribution is 2.23. The summed E-state index contributed by atoms with van der Waals surface area (Å²) in [7, 11) is -3.38. The van der Waals surface area contributed by atoms with Crippen molar-refractivity contribution < 1.29 is 13.5 Å². The van der Waals surface area contributed by atoms with Crippen molar-refractivity contribution in [1.82, 2.24) is 9.78 Å². The van der Waals surface area contributed by atoms with Crippen LogP contribution >= 0.6 is 11.6 Å². The molecule has 21 heavy (non-hydrogen) atoms. The largest absolute Gasteiger partial charge is 0.395 e. The first-order valence-electron chi connectivity index (χ1n) is 6.50. The third kappa shape index (κ3) is 4.06. The van der Waals surface area contributed by atoms with Gasteiger partial charge in [-0.2, -0.15) is 5.10 Å². The van der Waals surface area contributed by atoms with E-state index in [4.69, 9.17) is 16.7 Å². The van der Waals surface area contributed by atoms with Crippen molar-refractivity contribution in [2.24, 2.45) is 0 Å². The summed E-state index contributed by atoms with van der Waals surface area (Å²) < 4.78 is 25.2. The number of nitrogens with zero attached hydrogens (tertiary/aromatic N) is 2. The van der Waals surface area contributed by atoms with Gasteiger partial charge in [0.05, 0.1) is 30.4 Å². The maximum absolute atomic E-state index is 11.8. The quantitative estimate of drug-likeness (QED) is 0.877. The van der Waals surface area contributed by atoms with Crippen LogP contribution in [0.15, 0.2) is 30.3 Å². The van der Waals surface area contributed by atoms with E-state index in [1.807, 2.05) is 30.3 Å². The first kappa shape index (κ1) is 16.0. The Hall–Kier alpha value is -1.37. The number of aliphatic hydroxyl groups excluding tert-OH is 1. The van der Waals surface area contributed by atoms with Crippen LogP contribution in [-0.4, -0.2) is 35.7 Å².